The van der Waals surface area contributed by atoms with Crippen LogP contribution in [0.4, 0.5) is 5.95 Å². The van der Waals surface area contributed by atoms with Crippen LogP contribution >= 0.6 is 0 Å². The highest BCUT2D eigenvalue weighted by molar-refractivity contribution is 5.88. The van der Waals surface area contributed by atoms with Crippen molar-refractivity contribution in [2.75, 3.05) is 5.73 Å². The molecule has 7 nitrogen and oxygen atoms in total. The second-order valence-electron chi connectivity index (χ2n) is 5.48. The highest BCUT2D eigenvalue weighted by Crippen LogP contribution is 2.38. The number of nitrogens with zero attached hydrogens (tertiary/aromatic N) is 3. The van der Waals surface area contributed by atoms with Gasteiger partial charge < -0.3 is 19.1 Å². The molecule has 4 heterocycles. The van der Waals surface area contributed by atoms with Crippen molar-refractivity contribution in [3.05, 3.63) is 65.5 Å². The zero-order valence-corrected chi connectivity index (χ0v) is 13.3. The standard InChI is InChI=1S/C18H14N4O3/c1-22-10-11(6-7-14(22)23)15-16(12-4-2-8-24-12)20-18(19)21-17(15)13-5-3-9-25-13/h2-10H,1H3,(H2,19,20,21). The number of hydrogen-bond donors (Lipinski definition) is 1. The Bertz CT molecular complexity index is 1020. The van der Waals surface area contributed by atoms with Crippen LogP contribution in [0.25, 0.3) is 34.0 Å². The summed E-state index contributed by atoms with van der Waals surface area (Å²) in [4.78, 5) is 20.5. The van der Waals surface area contributed by atoms with E-state index in [1.807, 2.05) is 0 Å². The molecule has 4 aromatic heterocycles. The number of aryl methyl sites for hydroxylation is 1. The third kappa shape index (κ3) is 2.61. The van der Waals surface area contributed by atoms with Crippen molar-refractivity contribution >= 4 is 5.95 Å². The molecular weight excluding hydrogens is 320 g/mol. The molecule has 0 aliphatic carbocycles. The Morgan fingerprint density at radius 3 is 2.04 bits per heavy atom. The normalized spacial score (nSPS) is 10.9. The van der Waals surface area contributed by atoms with Crippen molar-refractivity contribution in [3.63, 3.8) is 0 Å². The summed E-state index contributed by atoms with van der Waals surface area (Å²) in [5.74, 6) is 1.20. The van der Waals surface area contributed by atoms with Crippen molar-refractivity contribution < 1.29 is 8.83 Å². The van der Waals surface area contributed by atoms with E-state index in [9.17, 15) is 4.79 Å². The van der Waals surface area contributed by atoms with E-state index in [1.54, 1.807) is 56.1 Å². The highest BCUT2D eigenvalue weighted by atomic mass is 16.3. The maximum absolute atomic E-state index is 11.8. The molecule has 2 N–H and O–H groups in total. The second-order valence-corrected chi connectivity index (χ2v) is 5.48. The molecule has 124 valence electrons. The molecule has 0 bridgehead atoms. The van der Waals surface area contributed by atoms with E-state index in [0.717, 1.165) is 5.56 Å². The number of hydrogen-bond acceptors (Lipinski definition) is 6. The average Bonchev–Trinajstić information content (AvgIpc) is 3.30. The van der Waals surface area contributed by atoms with Crippen LogP contribution in [-0.2, 0) is 7.05 Å². The maximum Gasteiger partial charge on any atom is 0.250 e. The number of rotatable bonds is 3. The molecule has 0 aliphatic rings. The lowest BCUT2D eigenvalue weighted by atomic mass is 10.0. The summed E-state index contributed by atoms with van der Waals surface area (Å²) < 4.78 is 12.5. The second kappa shape index (κ2) is 5.79. The summed E-state index contributed by atoms with van der Waals surface area (Å²) in [6.07, 6.45) is 4.84. The Morgan fingerprint density at radius 1 is 0.960 bits per heavy atom. The third-order valence-electron chi connectivity index (χ3n) is 3.81. The molecule has 0 amide bonds. The van der Waals surface area contributed by atoms with E-state index in [0.29, 0.717) is 28.5 Å². The van der Waals surface area contributed by atoms with Crippen LogP contribution in [-0.4, -0.2) is 14.5 Å². The van der Waals surface area contributed by atoms with Crippen molar-refractivity contribution in [2.24, 2.45) is 7.05 Å². The maximum atomic E-state index is 11.8. The molecule has 0 fully saturated rings. The molecule has 0 aromatic carbocycles. The lowest BCUT2D eigenvalue weighted by Gasteiger charge is -2.13. The van der Waals surface area contributed by atoms with Gasteiger partial charge in [-0.25, -0.2) is 9.97 Å². The predicted molar refractivity (Wildman–Crippen MR) is 92.5 cm³/mol. The number of anilines is 1. The van der Waals surface area contributed by atoms with Crippen molar-refractivity contribution in [1.29, 1.82) is 0 Å². The molecule has 0 spiro atoms. The van der Waals surface area contributed by atoms with Gasteiger partial charge in [-0.1, -0.05) is 0 Å². The Morgan fingerprint density at radius 2 is 1.56 bits per heavy atom. The predicted octanol–water partition coefficient (Wildman–Crippen LogP) is 2.94. The molecule has 4 aromatic rings. The molecule has 0 aliphatic heterocycles. The molecule has 25 heavy (non-hydrogen) atoms. The Kier molecular flexibility index (Phi) is 3.46. The highest BCUT2D eigenvalue weighted by Gasteiger charge is 2.21. The van der Waals surface area contributed by atoms with Gasteiger partial charge in [-0.05, 0) is 30.3 Å². The first-order chi connectivity index (χ1) is 12.1. The van der Waals surface area contributed by atoms with E-state index >= 15 is 0 Å². The van der Waals surface area contributed by atoms with Gasteiger partial charge in [0.25, 0.3) is 0 Å². The molecular formula is C18H14N4O3. The fourth-order valence-electron chi connectivity index (χ4n) is 2.68. The van der Waals surface area contributed by atoms with E-state index < -0.39 is 0 Å². The van der Waals surface area contributed by atoms with E-state index in [-0.39, 0.29) is 11.5 Å². The summed E-state index contributed by atoms with van der Waals surface area (Å²) in [6, 6.07) is 10.3. The van der Waals surface area contributed by atoms with Crippen LogP contribution in [0, 0.1) is 0 Å². The van der Waals surface area contributed by atoms with Gasteiger partial charge in [0.15, 0.2) is 11.5 Å². The van der Waals surface area contributed by atoms with E-state index in [2.05, 4.69) is 9.97 Å². The van der Waals surface area contributed by atoms with Gasteiger partial charge in [-0.15, -0.1) is 0 Å². The van der Waals surface area contributed by atoms with Crippen LogP contribution in [0.1, 0.15) is 0 Å². The first-order valence-corrected chi connectivity index (χ1v) is 7.56. The summed E-state index contributed by atoms with van der Waals surface area (Å²) in [5.41, 5.74) is 8.29. The van der Waals surface area contributed by atoms with Crippen molar-refractivity contribution in [2.45, 2.75) is 0 Å². The minimum atomic E-state index is -0.112. The van der Waals surface area contributed by atoms with Crippen LogP contribution in [0.5, 0.6) is 0 Å². The fraction of sp³-hybridized carbons (Fsp3) is 0.0556. The molecule has 0 atom stereocenters. The van der Waals surface area contributed by atoms with Crippen LogP contribution in [0.3, 0.4) is 0 Å². The zero-order chi connectivity index (χ0) is 17.4. The Labute approximate surface area is 142 Å². The molecule has 0 unspecified atom stereocenters. The first-order valence-electron chi connectivity index (χ1n) is 7.56. The summed E-state index contributed by atoms with van der Waals surface area (Å²) >= 11 is 0. The van der Waals surface area contributed by atoms with Gasteiger partial charge in [0, 0.05) is 30.4 Å². The topological polar surface area (TPSA) is 100 Å². The number of furan rings is 2. The summed E-state index contributed by atoms with van der Waals surface area (Å²) in [5, 5.41) is 0. The van der Waals surface area contributed by atoms with Crippen molar-refractivity contribution in [3.8, 4) is 34.0 Å². The summed E-state index contributed by atoms with van der Waals surface area (Å²) in [7, 11) is 1.68. The van der Waals surface area contributed by atoms with Gasteiger partial charge in [-0.3, -0.25) is 4.79 Å². The Balaban J connectivity index is 2.08. The fourth-order valence-corrected chi connectivity index (χ4v) is 2.68. The average molecular weight is 334 g/mol. The van der Waals surface area contributed by atoms with Crippen LogP contribution in [0.15, 0.2) is 68.8 Å². The third-order valence-corrected chi connectivity index (χ3v) is 3.81. The molecule has 0 saturated heterocycles. The minimum absolute atomic E-state index is 0.103. The number of aromatic nitrogens is 3. The number of pyridine rings is 1. The molecule has 4 rings (SSSR count). The number of nitrogens with two attached hydrogens (primary N) is 1. The van der Waals surface area contributed by atoms with Gasteiger partial charge in [0.2, 0.25) is 11.5 Å². The first kappa shape index (κ1) is 14.9. The van der Waals surface area contributed by atoms with E-state index in [4.69, 9.17) is 14.6 Å². The smallest absolute Gasteiger partial charge is 0.250 e. The van der Waals surface area contributed by atoms with Crippen molar-refractivity contribution in [1.82, 2.24) is 14.5 Å². The number of nitrogen functional groups attached to an aromatic ring is 1. The van der Waals surface area contributed by atoms with Gasteiger partial charge >= 0.3 is 0 Å². The van der Waals surface area contributed by atoms with E-state index in [1.165, 1.54) is 10.6 Å². The Hall–Kier alpha value is -3.61. The lowest BCUT2D eigenvalue weighted by Crippen LogP contribution is -2.14. The molecule has 0 radical (unpaired) electrons. The molecule has 7 heteroatoms. The summed E-state index contributed by atoms with van der Waals surface area (Å²) in [6.45, 7) is 0. The van der Waals surface area contributed by atoms with Crippen LogP contribution in [0.2, 0.25) is 0 Å². The quantitative estimate of drug-likeness (QED) is 0.618. The molecule has 0 saturated carbocycles. The van der Waals surface area contributed by atoms with Gasteiger partial charge in [0.05, 0.1) is 12.5 Å². The van der Waals surface area contributed by atoms with Gasteiger partial charge in [0.1, 0.15) is 11.4 Å². The zero-order valence-electron chi connectivity index (χ0n) is 13.3. The minimum Gasteiger partial charge on any atom is -0.463 e. The monoisotopic (exact) mass is 334 g/mol. The lowest BCUT2D eigenvalue weighted by molar-refractivity contribution is 0.577. The SMILES string of the molecule is Cn1cc(-c2c(-c3ccco3)nc(N)nc2-c2ccco2)ccc1=O. The largest absolute Gasteiger partial charge is 0.463 e. The van der Waals surface area contributed by atoms with Gasteiger partial charge in [-0.2, -0.15) is 0 Å². The van der Waals surface area contributed by atoms with Crippen LogP contribution < -0.4 is 11.3 Å².